The van der Waals surface area contributed by atoms with Gasteiger partial charge in [0.25, 0.3) is 0 Å². The molecule has 1 atom stereocenters. The third kappa shape index (κ3) is 3.59. The fourth-order valence-electron chi connectivity index (χ4n) is 3.42. The number of aromatic nitrogens is 2. The highest BCUT2D eigenvalue weighted by atomic mass is 32.1. The first-order chi connectivity index (χ1) is 12.6. The molecule has 1 aromatic carbocycles. The van der Waals surface area contributed by atoms with Gasteiger partial charge in [0.05, 0.1) is 0 Å². The smallest absolute Gasteiger partial charge is 0.244 e. The van der Waals surface area contributed by atoms with Gasteiger partial charge in [-0.1, -0.05) is 30.3 Å². The summed E-state index contributed by atoms with van der Waals surface area (Å²) in [6.07, 6.45) is 2.52. The van der Waals surface area contributed by atoms with E-state index in [-0.39, 0.29) is 11.9 Å². The Morgan fingerprint density at radius 3 is 2.46 bits per heavy atom. The van der Waals surface area contributed by atoms with Gasteiger partial charge in [-0.3, -0.25) is 9.69 Å². The number of hydrogen-bond acceptors (Lipinski definition) is 6. The molecule has 0 bridgehead atoms. The molecule has 0 radical (unpaired) electrons. The fourth-order valence-corrected chi connectivity index (χ4v) is 4.26. The summed E-state index contributed by atoms with van der Waals surface area (Å²) in [4.78, 5) is 23.8. The van der Waals surface area contributed by atoms with E-state index in [1.54, 1.807) is 16.4 Å². The largest absolute Gasteiger partial charge is 0.347 e. The molecule has 1 aliphatic carbocycles. The van der Waals surface area contributed by atoms with E-state index >= 15 is 0 Å². The molecule has 1 amide bonds. The first-order valence-electron chi connectivity index (χ1n) is 9.22. The molecule has 0 N–H and O–H groups in total. The van der Waals surface area contributed by atoms with Crippen LogP contribution in [0.4, 0.5) is 5.95 Å². The van der Waals surface area contributed by atoms with Crippen LogP contribution in [0, 0.1) is 0 Å². The molecule has 0 spiro atoms. The summed E-state index contributed by atoms with van der Waals surface area (Å²) in [6.45, 7) is 3.37. The van der Waals surface area contributed by atoms with Gasteiger partial charge in [0.2, 0.25) is 11.9 Å². The zero-order valence-electron chi connectivity index (χ0n) is 15.3. The molecule has 7 heteroatoms. The van der Waals surface area contributed by atoms with Gasteiger partial charge in [0.15, 0.2) is 0 Å². The number of anilines is 1. The van der Waals surface area contributed by atoms with Crippen molar-refractivity contribution in [3.8, 4) is 0 Å². The quantitative estimate of drug-likeness (QED) is 0.808. The number of likely N-dealkylation sites (N-methyl/N-ethyl adjacent to an activating group) is 1. The number of carbonyl (C=O) groups is 1. The van der Waals surface area contributed by atoms with Crippen LogP contribution in [0.1, 0.15) is 35.4 Å². The Morgan fingerprint density at radius 2 is 1.85 bits per heavy atom. The summed E-state index contributed by atoms with van der Waals surface area (Å²) < 4.78 is 4.56. The van der Waals surface area contributed by atoms with E-state index in [0.717, 1.165) is 37.7 Å². The zero-order valence-corrected chi connectivity index (χ0v) is 16.2. The number of benzene rings is 1. The second kappa shape index (κ2) is 7.32. The average Bonchev–Trinajstić information content (AvgIpc) is 3.40. The molecule has 2 aromatic rings. The van der Waals surface area contributed by atoms with Gasteiger partial charge in [0.1, 0.15) is 11.0 Å². The average molecular weight is 372 g/mol. The number of carbonyl (C=O) groups excluding carboxylic acids is 1. The van der Waals surface area contributed by atoms with Gasteiger partial charge in [-0.25, -0.2) is 4.98 Å². The highest BCUT2D eigenvalue weighted by Gasteiger charge is 2.33. The predicted octanol–water partition coefficient (Wildman–Crippen LogP) is 2.37. The van der Waals surface area contributed by atoms with E-state index in [2.05, 4.69) is 14.2 Å². The SMILES string of the molecule is CN(C)C(=O)C(c1ccccc1)N1CCN(c2nsc(C3CC3)n2)CC1. The standard InChI is InChI=1S/C19H25N5OS/c1-22(2)18(25)16(14-6-4-3-5-7-14)23-10-12-24(13-11-23)19-20-17(26-21-19)15-8-9-15/h3-7,15-16H,8-13H2,1-2H3. The Kier molecular flexibility index (Phi) is 4.91. The van der Waals surface area contributed by atoms with E-state index in [4.69, 9.17) is 4.98 Å². The summed E-state index contributed by atoms with van der Waals surface area (Å²) in [5, 5.41) is 1.19. The maximum absolute atomic E-state index is 12.8. The molecule has 2 aliphatic rings. The number of piperazine rings is 1. The Hall–Kier alpha value is -1.99. The minimum absolute atomic E-state index is 0.132. The lowest BCUT2D eigenvalue weighted by Gasteiger charge is -2.39. The lowest BCUT2D eigenvalue weighted by molar-refractivity contribution is -0.134. The minimum atomic E-state index is -0.223. The van der Waals surface area contributed by atoms with Crippen LogP contribution in [-0.4, -0.2) is 65.3 Å². The zero-order chi connectivity index (χ0) is 18.1. The molecule has 26 heavy (non-hydrogen) atoms. The van der Waals surface area contributed by atoms with E-state index in [9.17, 15) is 4.79 Å². The Labute approximate surface area is 158 Å². The van der Waals surface area contributed by atoms with Crippen molar-refractivity contribution in [3.63, 3.8) is 0 Å². The molecule has 4 rings (SSSR count). The fraction of sp³-hybridized carbons (Fsp3) is 0.526. The second-order valence-corrected chi connectivity index (χ2v) is 8.06. The van der Waals surface area contributed by atoms with Crippen LogP contribution in [0.2, 0.25) is 0 Å². The third-order valence-corrected chi connectivity index (χ3v) is 5.98. The summed E-state index contributed by atoms with van der Waals surface area (Å²) >= 11 is 1.55. The first kappa shape index (κ1) is 17.4. The van der Waals surface area contributed by atoms with Crippen LogP contribution in [0.3, 0.4) is 0 Å². The first-order valence-corrected chi connectivity index (χ1v) is 9.99. The van der Waals surface area contributed by atoms with Gasteiger partial charge in [0, 0.05) is 46.2 Å². The van der Waals surface area contributed by atoms with Crippen molar-refractivity contribution >= 4 is 23.4 Å². The monoisotopic (exact) mass is 371 g/mol. The van der Waals surface area contributed by atoms with Crippen molar-refractivity contribution in [2.45, 2.75) is 24.8 Å². The number of hydrogen-bond donors (Lipinski definition) is 0. The van der Waals surface area contributed by atoms with Crippen LogP contribution < -0.4 is 4.90 Å². The van der Waals surface area contributed by atoms with Gasteiger partial charge < -0.3 is 9.80 Å². The molecule has 138 valence electrons. The molecule has 1 unspecified atom stereocenters. The summed E-state index contributed by atoms with van der Waals surface area (Å²) in [7, 11) is 3.65. The van der Waals surface area contributed by atoms with Gasteiger partial charge in [-0.15, -0.1) is 0 Å². The van der Waals surface area contributed by atoms with Crippen molar-refractivity contribution in [2.24, 2.45) is 0 Å². The Bertz CT molecular complexity index is 750. The van der Waals surface area contributed by atoms with Crippen LogP contribution in [0.5, 0.6) is 0 Å². The van der Waals surface area contributed by atoms with Crippen LogP contribution >= 0.6 is 11.5 Å². The van der Waals surface area contributed by atoms with Crippen molar-refractivity contribution in [3.05, 3.63) is 40.9 Å². The van der Waals surface area contributed by atoms with Crippen LogP contribution in [-0.2, 0) is 4.79 Å². The maximum Gasteiger partial charge on any atom is 0.244 e. The molecular weight excluding hydrogens is 346 g/mol. The van der Waals surface area contributed by atoms with Crippen molar-refractivity contribution in [1.29, 1.82) is 0 Å². The summed E-state index contributed by atoms with van der Waals surface area (Å²) in [5.41, 5.74) is 1.06. The van der Waals surface area contributed by atoms with E-state index in [1.807, 2.05) is 44.4 Å². The van der Waals surface area contributed by atoms with Crippen molar-refractivity contribution in [1.82, 2.24) is 19.2 Å². The Morgan fingerprint density at radius 1 is 1.15 bits per heavy atom. The normalized spacial score (nSPS) is 19.4. The third-order valence-electron chi connectivity index (χ3n) is 5.11. The van der Waals surface area contributed by atoms with Crippen LogP contribution in [0.25, 0.3) is 0 Å². The van der Waals surface area contributed by atoms with Gasteiger partial charge in [-0.2, -0.15) is 4.37 Å². The van der Waals surface area contributed by atoms with E-state index < -0.39 is 0 Å². The topological polar surface area (TPSA) is 52.6 Å². The van der Waals surface area contributed by atoms with E-state index in [1.165, 1.54) is 17.8 Å². The second-order valence-electron chi connectivity index (χ2n) is 7.28. The van der Waals surface area contributed by atoms with Crippen LogP contribution in [0.15, 0.2) is 30.3 Å². The minimum Gasteiger partial charge on any atom is -0.347 e. The van der Waals surface area contributed by atoms with Gasteiger partial charge >= 0.3 is 0 Å². The molecular formula is C19H25N5OS. The molecule has 1 aromatic heterocycles. The van der Waals surface area contributed by atoms with Gasteiger partial charge in [-0.05, 0) is 29.9 Å². The van der Waals surface area contributed by atoms with Crippen molar-refractivity contribution in [2.75, 3.05) is 45.2 Å². The molecule has 2 heterocycles. The maximum atomic E-state index is 12.8. The summed E-state index contributed by atoms with van der Waals surface area (Å²) in [6, 6.07) is 9.85. The predicted molar refractivity (Wildman–Crippen MR) is 104 cm³/mol. The molecule has 6 nitrogen and oxygen atoms in total. The number of nitrogens with zero attached hydrogens (tertiary/aromatic N) is 5. The highest BCUT2D eigenvalue weighted by molar-refractivity contribution is 7.05. The lowest BCUT2D eigenvalue weighted by atomic mass is 10.0. The molecule has 2 fully saturated rings. The van der Waals surface area contributed by atoms with E-state index in [0.29, 0.717) is 5.92 Å². The Balaban J connectivity index is 1.46. The molecule has 1 aliphatic heterocycles. The molecule has 1 saturated carbocycles. The summed E-state index contributed by atoms with van der Waals surface area (Å²) in [5.74, 6) is 1.65. The van der Waals surface area contributed by atoms with Crippen molar-refractivity contribution < 1.29 is 4.79 Å². The lowest BCUT2D eigenvalue weighted by Crippen LogP contribution is -2.51. The highest BCUT2D eigenvalue weighted by Crippen LogP contribution is 2.41. The molecule has 1 saturated heterocycles. The number of rotatable bonds is 5. The number of amides is 1.